The fraction of sp³-hybridized carbons (Fsp3) is 0.875. The summed E-state index contributed by atoms with van der Waals surface area (Å²) in [4.78, 5) is 10.4. The number of ether oxygens (including phenoxy) is 1. The van der Waals surface area contributed by atoms with Gasteiger partial charge in [-0.15, -0.1) is 0 Å². The number of rotatable bonds is 4. The van der Waals surface area contributed by atoms with E-state index in [-0.39, 0.29) is 0 Å². The van der Waals surface area contributed by atoms with Crippen molar-refractivity contribution in [1.29, 1.82) is 0 Å². The zero-order valence-electron chi connectivity index (χ0n) is 8.75. The van der Waals surface area contributed by atoms with Gasteiger partial charge in [-0.3, -0.25) is 4.79 Å². The number of esters is 1. The van der Waals surface area contributed by atoms with Crippen molar-refractivity contribution in [1.82, 2.24) is 0 Å². The first-order chi connectivity index (χ1) is 7.38. The molecule has 0 aromatic rings. The molecule has 0 aliphatic rings. The van der Waals surface area contributed by atoms with Gasteiger partial charge in [0.25, 0.3) is 0 Å². The summed E-state index contributed by atoms with van der Waals surface area (Å²) in [5.41, 5.74) is 0. The van der Waals surface area contributed by atoms with Crippen molar-refractivity contribution in [3.05, 3.63) is 0 Å². The molecule has 0 aliphatic carbocycles. The summed E-state index contributed by atoms with van der Waals surface area (Å²) < 4.78 is 90.2. The molecular weight excluding hydrogens is 261 g/mol. The van der Waals surface area contributed by atoms with E-state index >= 15 is 0 Å². The molecule has 0 aromatic heterocycles. The summed E-state index contributed by atoms with van der Waals surface area (Å²) in [6, 6.07) is 0. The highest BCUT2D eigenvalue weighted by Crippen LogP contribution is 2.49. The van der Waals surface area contributed by atoms with Gasteiger partial charge in [0, 0.05) is 6.92 Å². The first-order valence-electron chi connectivity index (χ1n) is 4.37. The summed E-state index contributed by atoms with van der Waals surface area (Å²) in [5.74, 6) is -13.2. The topological polar surface area (TPSA) is 26.3 Å². The molecule has 2 nitrogen and oxygen atoms in total. The van der Waals surface area contributed by atoms with Crippen LogP contribution in [0, 0.1) is 0 Å². The quantitative estimate of drug-likeness (QED) is 0.579. The van der Waals surface area contributed by atoms with Gasteiger partial charge in [-0.25, -0.2) is 0 Å². The van der Waals surface area contributed by atoms with E-state index in [0.29, 0.717) is 6.92 Å². The third-order valence-corrected chi connectivity index (χ3v) is 1.86. The van der Waals surface area contributed by atoms with Gasteiger partial charge in [-0.1, -0.05) is 6.92 Å². The van der Waals surface area contributed by atoms with Crippen LogP contribution in [0.15, 0.2) is 0 Å². The van der Waals surface area contributed by atoms with E-state index in [2.05, 4.69) is 4.74 Å². The van der Waals surface area contributed by atoms with Crippen molar-refractivity contribution in [3.63, 3.8) is 0 Å². The van der Waals surface area contributed by atoms with E-state index in [0.717, 1.165) is 6.92 Å². The lowest BCUT2D eigenvalue weighted by atomic mass is 10.0. The molecule has 0 fully saturated rings. The number of carbonyl (C=O) groups excluding carboxylic acids is 1. The maximum atomic E-state index is 13.0. The zero-order chi connectivity index (χ0) is 14.1. The summed E-state index contributed by atoms with van der Waals surface area (Å²) in [6.45, 7) is 1.53. The van der Waals surface area contributed by atoms with Crippen molar-refractivity contribution >= 4 is 5.97 Å². The van der Waals surface area contributed by atoms with E-state index in [1.54, 1.807) is 0 Å². The van der Waals surface area contributed by atoms with E-state index in [1.165, 1.54) is 0 Å². The van der Waals surface area contributed by atoms with Crippen molar-refractivity contribution in [2.45, 2.75) is 44.4 Å². The molecule has 102 valence electrons. The molecule has 0 heterocycles. The lowest BCUT2D eigenvalue weighted by Gasteiger charge is -2.32. The SMILES string of the molecule is CCC(OC(C)=O)C(F)(F)C(F)(F)C(F)(F)F. The Kier molecular flexibility index (Phi) is 4.41. The lowest BCUT2D eigenvalue weighted by Crippen LogP contribution is -2.58. The molecule has 0 radical (unpaired) electrons. The smallest absolute Gasteiger partial charge is 0.456 e. The van der Waals surface area contributed by atoms with E-state index in [9.17, 15) is 35.5 Å². The molecule has 0 spiro atoms. The summed E-state index contributed by atoms with van der Waals surface area (Å²) in [5, 5.41) is 0. The Morgan fingerprint density at radius 3 is 1.76 bits per heavy atom. The number of alkyl halides is 7. The molecule has 0 saturated carbocycles. The predicted octanol–water partition coefficient (Wildman–Crippen LogP) is 3.16. The van der Waals surface area contributed by atoms with Crippen LogP contribution in [0.5, 0.6) is 0 Å². The fourth-order valence-electron chi connectivity index (χ4n) is 1.01. The molecule has 0 aliphatic heterocycles. The van der Waals surface area contributed by atoms with Gasteiger partial charge in [-0.2, -0.15) is 30.7 Å². The van der Waals surface area contributed by atoms with Gasteiger partial charge >= 0.3 is 24.0 Å². The Balaban J connectivity index is 5.28. The zero-order valence-corrected chi connectivity index (χ0v) is 8.75. The number of hydrogen-bond acceptors (Lipinski definition) is 2. The first kappa shape index (κ1) is 16.0. The third kappa shape index (κ3) is 3.01. The monoisotopic (exact) mass is 270 g/mol. The van der Waals surface area contributed by atoms with Crippen LogP contribution in [0.1, 0.15) is 20.3 Å². The van der Waals surface area contributed by atoms with Crippen LogP contribution in [0.3, 0.4) is 0 Å². The number of halogens is 7. The van der Waals surface area contributed by atoms with Gasteiger partial charge < -0.3 is 4.74 Å². The Hall–Kier alpha value is -1.02. The molecule has 0 rings (SSSR count). The van der Waals surface area contributed by atoms with Crippen LogP contribution in [0.2, 0.25) is 0 Å². The Labute approximate surface area is 91.7 Å². The maximum absolute atomic E-state index is 13.0. The van der Waals surface area contributed by atoms with Crippen LogP contribution in [-0.2, 0) is 9.53 Å². The molecule has 0 aromatic carbocycles. The molecule has 1 unspecified atom stereocenters. The van der Waals surface area contributed by atoms with Crippen LogP contribution in [0.4, 0.5) is 30.7 Å². The highest BCUT2D eigenvalue weighted by Gasteiger charge is 2.75. The van der Waals surface area contributed by atoms with Crippen LogP contribution in [-0.4, -0.2) is 30.1 Å². The van der Waals surface area contributed by atoms with Crippen molar-refractivity contribution in [2.75, 3.05) is 0 Å². The maximum Gasteiger partial charge on any atom is 0.460 e. The normalized spacial score (nSPS) is 15.6. The summed E-state index contributed by atoms with van der Waals surface area (Å²) >= 11 is 0. The Morgan fingerprint density at radius 1 is 1.12 bits per heavy atom. The van der Waals surface area contributed by atoms with E-state index in [1.807, 2.05) is 0 Å². The molecule has 1 atom stereocenters. The van der Waals surface area contributed by atoms with Crippen LogP contribution < -0.4 is 0 Å². The van der Waals surface area contributed by atoms with Crippen molar-refractivity contribution in [2.24, 2.45) is 0 Å². The summed E-state index contributed by atoms with van der Waals surface area (Å²) in [7, 11) is 0. The van der Waals surface area contributed by atoms with Crippen LogP contribution >= 0.6 is 0 Å². The first-order valence-corrected chi connectivity index (χ1v) is 4.37. The minimum atomic E-state index is -6.43. The average molecular weight is 270 g/mol. The predicted molar refractivity (Wildman–Crippen MR) is 41.8 cm³/mol. The van der Waals surface area contributed by atoms with Crippen LogP contribution in [0.25, 0.3) is 0 Å². The largest absolute Gasteiger partial charge is 0.460 e. The standard InChI is InChI=1S/C8H9F7O2/c1-3-5(17-4(2)16)6(9,10)7(11,12)8(13,14)15/h5H,3H2,1-2H3. The second-order valence-electron chi connectivity index (χ2n) is 3.20. The molecule has 17 heavy (non-hydrogen) atoms. The van der Waals surface area contributed by atoms with Gasteiger partial charge in [-0.05, 0) is 6.42 Å². The number of hydrogen-bond donors (Lipinski definition) is 0. The second-order valence-corrected chi connectivity index (χ2v) is 3.20. The molecule has 0 N–H and O–H groups in total. The Morgan fingerprint density at radius 2 is 1.53 bits per heavy atom. The molecular formula is C8H9F7O2. The molecule has 0 bridgehead atoms. The fourth-order valence-corrected chi connectivity index (χ4v) is 1.01. The molecule has 0 amide bonds. The van der Waals surface area contributed by atoms with Gasteiger partial charge in [0.15, 0.2) is 6.10 Å². The molecule has 0 saturated heterocycles. The van der Waals surface area contributed by atoms with Gasteiger partial charge in [0.05, 0.1) is 0 Å². The average Bonchev–Trinajstić information content (AvgIpc) is 2.11. The highest BCUT2D eigenvalue weighted by atomic mass is 19.4. The number of carbonyl (C=O) groups is 1. The van der Waals surface area contributed by atoms with Gasteiger partial charge in [0.1, 0.15) is 0 Å². The van der Waals surface area contributed by atoms with E-state index < -0.39 is 36.5 Å². The second kappa shape index (κ2) is 4.69. The lowest BCUT2D eigenvalue weighted by molar-refractivity contribution is -0.371. The summed E-state index contributed by atoms with van der Waals surface area (Å²) in [6.07, 6.45) is -10.1. The minimum Gasteiger partial charge on any atom is -0.456 e. The van der Waals surface area contributed by atoms with E-state index in [4.69, 9.17) is 0 Å². The minimum absolute atomic E-state index is 0.629. The highest BCUT2D eigenvalue weighted by molar-refractivity contribution is 5.66. The Bertz CT molecular complexity index is 284. The molecule has 9 heteroatoms. The third-order valence-electron chi connectivity index (χ3n) is 1.86. The van der Waals surface area contributed by atoms with Crippen molar-refractivity contribution < 1.29 is 40.3 Å². The van der Waals surface area contributed by atoms with Crippen molar-refractivity contribution in [3.8, 4) is 0 Å². The van der Waals surface area contributed by atoms with Gasteiger partial charge in [0.2, 0.25) is 0 Å².